The first-order valence-corrected chi connectivity index (χ1v) is 16.8. The van der Waals surface area contributed by atoms with Gasteiger partial charge in [0.05, 0.1) is 17.7 Å². The van der Waals surface area contributed by atoms with Gasteiger partial charge >= 0.3 is 0 Å². The largest absolute Gasteiger partial charge is 0.497 e. The zero-order valence-electron chi connectivity index (χ0n) is 26.0. The molecule has 1 atom stereocenters. The minimum absolute atomic E-state index is 0.0405. The van der Waals surface area contributed by atoms with Gasteiger partial charge in [-0.2, -0.15) is 0 Å². The molecule has 5 rings (SSSR count). The normalized spacial score (nSPS) is 13.9. The van der Waals surface area contributed by atoms with Crippen molar-refractivity contribution in [2.45, 2.75) is 56.1 Å². The average molecular weight is 642 g/mol. The molecule has 0 saturated heterocycles. The number of hydrogen-bond acceptors (Lipinski definition) is 6. The molecule has 2 amide bonds. The third kappa shape index (κ3) is 8.06. The van der Waals surface area contributed by atoms with Crippen LogP contribution in [-0.4, -0.2) is 50.9 Å². The highest BCUT2D eigenvalue weighted by Crippen LogP contribution is 2.29. The topological polar surface area (TPSA) is 105 Å². The van der Waals surface area contributed by atoms with E-state index in [-0.39, 0.29) is 29.1 Å². The van der Waals surface area contributed by atoms with Gasteiger partial charge in [-0.3, -0.25) is 13.9 Å². The summed E-state index contributed by atoms with van der Waals surface area (Å²) in [6, 6.07) is 30.2. The van der Waals surface area contributed by atoms with Crippen LogP contribution in [-0.2, 0) is 26.2 Å². The summed E-state index contributed by atoms with van der Waals surface area (Å²) in [5.41, 5.74) is 1.02. The molecule has 1 saturated carbocycles. The number of hydrogen-bond donors (Lipinski definition) is 1. The van der Waals surface area contributed by atoms with Crippen LogP contribution in [0.3, 0.4) is 0 Å². The molecule has 0 spiro atoms. The van der Waals surface area contributed by atoms with E-state index in [1.54, 1.807) is 68.6 Å². The summed E-state index contributed by atoms with van der Waals surface area (Å²) >= 11 is 0. The van der Waals surface area contributed by atoms with Crippen LogP contribution in [0, 0.1) is 0 Å². The number of anilines is 1. The van der Waals surface area contributed by atoms with Crippen LogP contribution in [0.25, 0.3) is 0 Å². The van der Waals surface area contributed by atoms with E-state index < -0.39 is 28.5 Å². The highest BCUT2D eigenvalue weighted by atomic mass is 32.2. The second kappa shape index (κ2) is 15.0. The van der Waals surface area contributed by atoms with Gasteiger partial charge in [0, 0.05) is 12.6 Å². The Kier molecular flexibility index (Phi) is 10.6. The van der Waals surface area contributed by atoms with Crippen LogP contribution in [0.2, 0.25) is 0 Å². The fraction of sp³-hybridized carbons (Fsp3) is 0.278. The van der Waals surface area contributed by atoms with E-state index in [0.29, 0.717) is 17.2 Å². The molecule has 4 aromatic rings. The van der Waals surface area contributed by atoms with E-state index >= 15 is 0 Å². The van der Waals surface area contributed by atoms with Gasteiger partial charge in [0.15, 0.2) is 0 Å². The van der Waals surface area contributed by atoms with Crippen molar-refractivity contribution in [3.63, 3.8) is 0 Å². The van der Waals surface area contributed by atoms with Gasteiger partial charge in [0.1, 0.15) is 29.8 Å². The molecular formula is C36H39N3O6S. The van der Waals surface area contributed by atoms with Crippen molar-refractivity contribution in [2.75, 3.05) is 18.0 Å². The SMILES string of the molecule is COc1cccc(CN(C(=O)CN(c2ccc(Oc3ccccc3)cc2)S(=O)(=O)c2ccccc2)[C@@H](C)C(=O)NC2CCCC2)c1. The van der Waals surface area contributed by atoms with Crippen molar-refractivity contribution in [3.8, 4) is 17.2 Å². The lowest BCUT2D eigenvalue weighted by molar-refractivity contribution is -0.139. The predicted molar refractivity (Wildman–Crippen MR) is 177 cm³/mol. The number of sulfonamides is 1. The molecule has 4 aromatic carbocycles. The summed E-state index contributed by atoms with van der Waals surface area (Å²) in [5, 5.41) is 3.09. The van der Waals surface area contributed by atoms with Crippen LogP contribution < -0.4 is 19.1 Å². The Morgan fingerprint density at radius 2 is 1.43 bits per heavy atom. The van der Waals surface area contributed by atoms with Gasteiger partial charge in [-0.05, 0) is 86.0 Å². The number of carbonyl (C=O) groups excluding carboxylic acids is 2. The number of nitrogens with zero attached hydrogens (tertiary/aromatic N) is 2. The second-order valence-electron chi connectivity index (χ2n) is 11.3. The zero-order valence-corrected chi connectivity index (χ0v) is 26.9. The summed E-state index contributed by atoms with van der Waals surface area (Å²) in [5.74, 6) is 0.954. The van der Waals surface area contributed by atoms with E-state index in [9.17, 15) is 18.0 Å². The Balaban J connectivity index is 1.46. The lowest BCUT2D eigenvalue weighted by atomic mass is 10.1. The van der Waals surface area contributed by atoms with Crippen LogP contribution in [0.4, 0.5) is 5.69 Å². The molecule has 0 unspecified atom stereocenters. The zero-order chi connectivity index (χ0) is 32.5. The number of carbonyl (C=O) groups is 2. The summed E-state index contributed by atoms with van der Waals surface area (Å²) in [7, 11) is -2.62. The number of para-hydroxylation sites is 1. The summed E-state index contributed by atoms with van der Waals surface area (Å²) in [6.45, 7) is 1.23. The van der Waals surface area contributed by atoms with Gasteiger partial charge in [-0.15, -0.1) is 0 Å². The first kappa shape index (κ1) is 32.6. The molecule has 1 aliphatic rings. The molecule has 240 valence electrons. The molecule has 46 heavy (non-hydrogen) atoms. The van der Waals surface area contributed by atoms with Crippen LogP contribution in [0.5, 0.6) is 17.2 Å². The average Bonchev–Trinajstić information content (AvgIpc) is 3.60. The summed E-state index contributed by atoms with van der Waals surface area (Å²) < 4.78 is 40.5. The monoisotopic (exact) mass is 641 g/mol. The van der Waals surface area contributed by atoms with Gasteiger partial charge < -0.3 is 19.7 Å². The molecule has 1 aliphatic carbocycles. The molecule has 0 radical (unpaired) electrons. The lowest BCUT2D eigenvalue weighted by Crippen LogP contribution is -2.52. The van der Waals surface area contributed by atoms with E-state index in [4.69, 9.17) is 9.47 Å². The predicted octanol–water partition coefficient (Wildman–Crippen LogP) is 6.16. The Hall–Kier alpha value is -4.83. The number of amides is 2. The molecular weight excluding hydrogens is 602 g/mol. The third-order valence-corrected chi connectivity index (χ3v) is 9.86. The van der Waals surface area contributed by atoms with Crippen LogP contribution in [0.15, 0.2) is 114 Å². The first-order chi connectivity index (χ1) is 22.2. The third-order valence-electron chi connectivity index (χ3n) is 8.07. The van der Waals surface area contributed by atoms with E-state index in [1.807, 2.05) is 42.5 Å². The van der Waals surface area contributed by atoms with Gasteiger partial charge in [-0.25, -0.2) is 8.42 Å². The number of rotatable bonds is 13. The Labute approximate surface area is 270 Å². The van der Waals surface area contributed by atoms with Crippen molar-refractivity contribution < 1.29 is 27.5 Å². The summed E-state index contributed by atoms with van der Waals surface area (Å²) in [6.07, 6.45) is 3.89. The van der Waals surface area contributed by atoms with E-state index in [0.717, 1.165) is 35.6 Å². The molecule has 0 aromatic heterocycles. The van der Waals surface area contributed by atoms with E-state index in [1.165, 1.54) is 17.0 Å². The lowest BCUT2D eigenvalue weighted by Gasteiger charge is -2.32. The maximum atomic E-state index is 14.2. The number of benzene rings is 4. The van der Waals surface area contributed by atoms with Crippen molar-refractivity contribution in [1.82, 2.24) is 10.2 Å². The number of nitrogens with one attached hydrogen (secondary N) is 1. The van der Waals surface area contributed by atoms with Gasteiger partial charge in [0.25, 0.3) is 10.0 Å². The van der Waals surface area contributed by atoms with Crippen molar-refractivity contribution in [3.05, 3.63) is 115 Å². The van der Waals surface area contributed by atoms with Gasteiger partial charge in [-0.1, -0.05) is 61.4 Å². The van der Waals surface area contributed by atoms with Crippen molar-refractivity contribution >= 4 is 27.5 Å². The maximum absolute atomic E-state index is 14.2. The fourth-order valence-electron chi connectivity index (χ4n) is 5.50. The number of methoxy groups -OCH3 is 1. The first-order valence-electron chi connectivity index (χ1n) is 15.4. The fourth-order valence-corrected chi connectivity index (χ4v) is 6.93. The minimum atomic E-state index is -4.18. The van der Waals surface area contributed by atoms with E-state index in [2.05, 4.69) is 5.32 Å². The minimum Gasteiger partial charge on any atom is -0.497 e. The Morgan fingerprint density at radius 1 is 0.826 bits per heavy atom. The summed E-state index contributed by atoms with van der Waals surface area (Å²) in [4.78, 5) is 29.2. The smallest absolute Gasteiger partial charge is 0.264 e. The molecule has 0 heterocycles. The molecule has 0 aliphatic heterocycles. The van der Waals surface area contributed by atoms with Crippen LogP contribution in [0.1, 0.15) is 38.2 Å². The quantitative estimate of drug-likeness (QED) is 0.188. The molecule has 0 bridgehead atoms. The molecule has 9 nitrogen and oxygen atoms in total. The Bertz CT molecular complexity index is 1710. The highest BCUT2D eigenvalue weighted by molar-refractivity contribution is 7.92. The van der Waals surface area contributed by atoms with Crippen LogP contribution >= 0.6 is 0 Å². The van der Waals surface area contributed by atoms with Crippen molar-refractivity contribution in [1.29, 1.82) is 0 Å². The van der Waals surface area contributed by atoms with Gasteiger partial charge in [0.2, 0.25) is 11.8 Å². The maximum Gasteiger partial charge on any atom is 0.264 e. The number of ether oxygens (including phenoxy) is 2. The molecule has 1 N–H and O–H groups in total. The van der Waals surface area contributed by atoms with Crippen molar-refractivity contribution in [2.24, 2.45) is 0 Å². The second-order valence-corrected chi connectivity index (χ2v) is 13.1. The Morgan fingerprint density at radius 3 is 2.09 bits per heavy atom. The standard InChI is InChI=1S/C36H39N3O6S/c1-27(36(41)37-29-13-9-10-14-29)38(25-28-12-11-17-33(24-28)44-2)35(40)26-39(46(42,43)34-18-7-4-8-19-34)30-20-22-32(23-21-30)45-31-15-5-3-6-16-31/h3-8,11-12,15-24,27,29H,9-10,13-14,25-26H2,1-2H3,(H,37,41)/t27-/m0/s1. The highest BCUT2D eigenvalue weighted by Gasteiger charge is 2.33. The molecule has 10 heteroatoms. The molecule has 1 fully saturated rings.